The number of hydrogen-bond acceptors (Lipinski definition) is 4. The van der Waals surface area contributed by atoms with Gasteiger partial charge < -0.3 is 10.1 Å². The van der Waals surface area contributed by atoms with E-state index in [1.807, 2.05) is 12.1 Å². The molecule has 24 heavy (non-hydrogen) atoms. The third-order valence-electron chi connectivity index (χ3n) is 3.27. The fourth-order valence-electron chi connectivity index (χ4n) is 1.96. The molecule has 0 aliphatic heterocycles. The van der Waals surface area contributed by atoms with Gasteiger partial charge in [-0.25, -0.2) is 4.79 Å². The molecule has 0 aliphatic rings. The van der Waals surface area contributed by atoms with Crippen molar-refractivity contribution in [3.8, 4) is 0 Å². The van der Waals surface area contributed by atoms with Gasteiger partial charge >= 0.3 is 5.97 Å². The first-order valence-electron chi connectivity index (χ1n) is 7.32. The van der Waals surface area contributed by atoms with E-state index in [0.29, 0.717) is 29.8 Å². The fourth-order valence-corrected chi connectivity index (χ4v) is 2.09. The number of benzene rings is 2. The molecule has 0 aromatic heterocycles. The molecular weight excluding hydrogens is 330 g/mol. The lowest BCUT2D eigenvalue weighted by Crippen LogP contribution is -2.30. The second-order valence-electron chi connectivity index (χ2n) is 5.04. The highest BCUT2D eigenvalue weighted by atomic mass is 35.5. The van der Waals surface area contributed by atoms with Gasteiger partial charge in [-0.3, -0.25) is 9.59 Å². The summed E-state index contributed by atoms with van der Waals surface area (Å²) in [6, 6.07) is 13.3. The van der Waals surface area contributed by atoms with E-state index in [9.17, 15) is 14.4 Å². The van der Waals surface area contributed by atoms with E-state index in [2.05, 4.69) is 5.32 Å². The van der Waals surface area contributed by atoms with Crippen LogP contribution in [0.5, 0.6) is 0 Å². The number of halogens is 1. The van der Waals surface area contributed by atoms with Crippen molar-refractivity contribution in [2.75, 3.05) is 13.2 Å². The molecule has 1 amide bonds. The maximum absolute atomic E-state index is 11.8. The van der Waals surface area contributed by atoms with Crippen LogP contribution in [-0.2, 0) is 16.0 Å². The molecule has 0 atom stereocenters. The fraction of sp³-hybridized carbons (Fsp3) is 0.167. The molecule has 0 unspecified atom stereocenters. The summed E-state index contributed by atoms with van der Waals surface area (Å²) in [5, 5.41) is 3.34. The highest BCUT2D eigenvalue weighted by Crippen LogP contribution is 2.09. The zero-order valence-electron chi connectivity index (χ0n) is 12.8. The summed E-state index contributed by atoms with van der Waals surface area (Å²) in [6.45, 7) is 0.0843. The topological polar surface area (TPSA) is 72.5 Å². The van der Waals surface area contributed by atoms with E-state index in [1.165, 1.54) is 24.3 Å². The summed E-state index contributed by atoms with van der Waals surface area (Å²) in [4.78, 5) is 34.0. The van der Waals surface area contributed by atoms with Crippen LogP contribution in [0.1, 0.15) is 26.3 Å². The lowest BCUT2D eigenvalue weighted by Gasteiger charge is -2.07. The van der Waals surface area contributed by atoms with Crippen molar-refractivity contribution in [2.24, 2.45) is 0 Å². The second-order valence-corrected chi connectivity index (χ2v) is 5.48. The average Bonchev–Trinajstić information content (AvgIpc) is 2.61. The second kappa shape index (κ2) is 8.84. The Hall–Kier alpha value is -2.66. The first kappa shape index (κ1) is 17.7. The lowest BCUT2D eigenvalue weighted by atomic mass is 10.1. The predicted octanol–water partition coefficient (Wildman–Crippen LogP) is 2.67. The molecule has 5 nitrogen and oxygen atoms in total. The van der Waals surface area contributed by atoms with Gasteiger partial charge in [-0.2, -0.15) is 0 Å². The Labute approximate surface area is 144 Å². The summed E-state index contributed by atoms with van der Waals surface area (Å²) < 4.78 is 4.93. The van der Waals surface area contributed by atoms with Crippen molar-refractivity contribution in [3.05, 3.63) is 70.2 Å². The first-order chi connectivity index (χ1) is 11.6. The van der Waals surface area contributed by atoms with Crippen LogP contribution in [0.3, 0.4) is 0 Å². The van der Waals surface area contributed by atoms with Crippen molar-refractivity contribution < 1.29 is 19.1 Å². The van der Waals surface area contributed by atoms with Gasteiger partial charge in [-0.15, -0.1) is 0 Å². The van der Waals surface area contributed by atoms with Gasteiger partial charge in [0.15, 0.2) is 6.61 Å². The molecule has 0 aliphatic carbocycles. The number of carbonyl (C=O) groups is 3. The van der Waals surface area contributed by atoms with Crippen LogP contribution >= 0.6 is 11.6 Å². The van der Waals surface area contributed by atoms with E-state index in [1.54, 1.807) is 12.1 Å². The van der Waals surface area contributed by atoms with Crippen LogP contribution in [-0.4, -0.2) is 31.3 Å². The van der Waals surface area contributed by atoms with E-state index < -0.39 is 5.97 Å². The molecule has 0 fully saturated rings. The highest BCUT2D eigenvalue weighted by molar-refractivity contribution is 6.30. The Morgan fingerprint density at radius 2 is 1.71 bits per heavy atom. The molecule has 0 bridgehead atoms. The number of nitrogens with one attached hydrogen (secondary N) is 1. The molecule has 0 spiro atoms. The van der Waals surface area contributed by atoms with E-state index in [4.69, 9.17) is 16.3 Å². The normalized spacial score (nSPS) is 10.0. The SMILES string of the molecule is O=Cc1ccc(C(=O)OCC(=O)NCCc2ccc(Cl)cc2)cc1. The molecule has 0 radical (unpaired) electrons. The number of carbonyl (C=O) groups excluding carboxylic acids is 3. The minimum Gasteiger partial charge on any atom is -0.452 e. The third kappa shape index (κ3) is 5.52. The minimum atomic E-state index is -0.611. The first-order valence-corrected chi connectivity index (χ1v) is 7.70. The zero-order chi connectivity index (χ0) is 17.4. The number of ether oxygens (including phenoxy) is 1. The molecule has 0 heterocycles. The molecular formula is C18H16ClNO4. The van der Waals surface area contributed by atoms with Crippen LogP contribution in [0.2, 0.25) is 5.02 Å². The molecule has 0 saturated heterocycles. The molecule has 0 saturated carbocycles. The van der Waals surface area contributed by atoms with Crippen molar-refractivity contribution in [2.45, 2.75) is 6.42 Å². The number of hydrogen-bond donors (Lipinski definition) is 1. The monoisotopic (exact) mass is 345 g/mol. The third-order valence-corrected chi connectivity index (χ3v) is 3.52. The van der Waals surface area contributed by atoms with E-state index in [0.717, 1.165) is 5.56 Å². The van der Waals surface area contributed by atoms with E-state index in [-0.39, 0.29) is 18.1 Å². The van der Waals surface area contributed by atoms with E-state index >= 15 is 0 Å². The Morgan fingerprint density at radius 1 is 1.04 bits per heavy atom. The highest BCUT2D eigenvalue weighted by Gasteiger charge is 2.09. The van der Waals surface area contributed by atoms with Gasteiger partial charge in [0.1, 0.15) is 6.29 Å². The summed E-state index contributed by atoms with van der Waals surface area (Å²) >= 11 is 5.80. The Bertz CT molecular complexity index is 711. The Kier molecular flexibility index (Phi) is 6.51. The number of rotatable bonds is 7. The van der Waals surface area contributed by atoms with Crippen LogP contribution in [0, 0.1) is 0 Å². The molecule has 2 aromatic rings. The summed E-state index contributed by atoms with van der Waals surface area (Å²) in [5.41, 5.74) is 1.80. The van der Waals surface area contributed by atoms with Crippen LogP contribution in [0.25, 0.3) is 0 Å². The lowest BCUT2D eigenvalue weighted by molar-refractivity contribution is -0.124. The van der Waals surface area contributed by atoms with Gasteiger partial charge in [0, 0.05) is 17.1 Å². The summed E-state index contributed by atoms with van der Waals surface area (Å²) in [7, 11) is 0. The summed E-state index contributed by atoms with van der Waals surface area (Å²) in [6.07, 6.45) is 1.34. The molecule has 1 N–H and O–H groups in total. The number of esters is 1. The van der Waals surface area contributed by atoms with Gasteiger partial charge in [0.25, 0.3) is 5.91 Å². The molecule has 124 valence electrons. The van der Waals surface area contributed by atoms with Gasteiger partial charge in [-0.1, -0.05) is 35.9 Å². The largest absolute Gasteiger partial charge is 0.452 e. The standard InChI is InChI=1S/C18H16ClNO4/c19-16-7-3-13(4-8-16)9-10-20-17(22)12-24-18(23)15-5-1-14(11-21)2-6-15/h1-8,11H,9-10,12H2,(H,20,22). The van der Waals surface area contributed by atoms with Gasteiger partial charge in [0.05, 0.1) is 5.56 Å². The van der Waals surface area contributed by atoms with Crippen LogP contribution in [0.15, 0.2) is 48.5 Å². The molecule has 2 rings (SSSR count). The quantitative estimate of drug-likeness (QED) is 0.618. The minimum absolute atomic E-state index is 0.287. The van der Waals surface area contributed by atoms with Crippen molar-refractivity contribution in [3.63, 3.8) is 0 Å². The van der Waals surface area contributed by atoms with Crippen molar-refractivity contribution in [1.82, 2.24) is 5.32 Å². The molecule has 6 heteroatoms. The smallest absolute Gasteiger partial charge is 0.338 e. The summed E-state index contributed by atoms with van der Waals surface area (Å²) in [5.74, 6) is -0.984. The van der Waals surface area contributed by atoms with Crippen LogP contribution in [0.4, 0.5) is 0 Å². The number of aldehydes is 1. The number of amides is 1. The van der Waals surface area contributed by atoms with Crippen molar-refractivity contribution in [1.29, 1.82) is 0 Å². The van der Waals surface area contributed by atoms with Gasteiger partial charge in [-0.05, 0) is 36.2 Å². The average molecular weight is 346 g/mol. The Balaban J connectivity index is 1.71. The maximum Gasteiger partial charge on any atom is 0.338 e. The Morgan fingerprint density at radius 3 is 2.33 bits per heavy atom. The molecule has 2 aromatic carbocycles. The maximum atomic E-state index is 11.8. The van der Waals surface area contributed by atoms with Crippen LogP contribution < -0.4 is 5.32 Å². The van der Waals surface area contributed by atoms with Gasteiger partial charge in [0.2, 0.25) is 0 Å². The van der Waals surface area contributed by atoms with Crippen molar-refractivity contribution >= 4 is 29.8 Å². The predicted molar refractivity (Wildman–Crippen MR) is 90.3 cm³/mol. The zero-order valence-corrected chi connectivity index (χ0v) is 13.6.